The highest BCUT2D eigenvalue weighted by molar-refractivity contribution is 6.30. The summed E-state index contributed by atoms with van der Waals surface area (Å²) >= 11 is 5.99. The molecule has 2 unspecified atom stereocenters. The lowest BCUT2D eigenvalue weighted by Gasteiger charge is -2.26. The number of carbonyl (C=O) groups excluding carboxylic acids is 1. The molecule has 0 spiro atoms. The van der Waals surface area contributed by atoms with Crippen LogP contribution in [0.3, 0.4) is 0 Å². The highest BCUT2D eigenvalue weighted by Gasteiger charge is 2.34. The number of carbonyl (C=O) groups is 1. The maximum atomic E-state index is 12.3. The minimum absolute atomic E-state index is 0.0398. The van der Waals surface area contributed by atoms with Crippen LogP contribution in [-0.2, 0) is 11.2 Å². The fourth-order valence-electron chi connectivity index (χ4n) is 2.70. The number of amides is 1. The molecule has 2 aliphatic rings. The van der Waals surface area contributed by atoms with Crippen LogP contribution in [0.5, 0.6) is 5.75 Å². The molecule has 1 aromatic carbocycles. The predicted octanol–water partition coefficient (Wildman–Crippen LogP) is 1.74. The molecule has 1 aliphatic heterocycles. The second-order valence-corrected chi connectivity index (χ2v) is 6.09. The average Bonchev–Trinajstić information content (AvgIpc) is 3.28. The summed E-state index contributed by atoms with van der Waals surface area (Å²) < 4.78 is 5.65. The molecule has 3 rings (SSSR count). The molecule has 1 heterocycles. The van der Waals surface area contributed by atoms with Gasteiger partial charge in [0.15, 0.2) is 0 Å². The molecule has 0 aromatic heterocycles. The molecule has 20 heavy (non-hydrogen) atoms. The van der Waals surface area contributed by atoms with Gasteiger partial charge in [-0.1, -0.05) is 11.6 Å². The van der Waals surface area contributed by atoms with Crippen LogP contribution in [0.2, 0.25) is 5.02 Å². The van der Waals surface area contributed by atoms with Crippen LogP contribution >= 0.6 is 11.6 Å². The van der Waals surface area contributed by atoms with E-state index >= 15 is 0 Å². The maximum Gasteiger partial charge on any atom is 0.227 e. The maximum absolute atomic E-state index is 12.3. The van der Waals surface area contributed by atoms with E-state index < -0.39 is 0 Å². The number of hydrogen-bond donors (Lipinski definition) is 2. The normalized spacial score (nSPS) is 22.6. The zero-order valence-electron chi connectivity index (χ0n) is 11.3. The highest BCUT2D eigenvalue weighted by atomic mass is 35.5. The van der Waals surface area contributed by atoms with Gasteiger partial charge in [0.2, 0.25) is 5.91 Å². The van der Waals surface area contributed by atoms with Crippen molar-refractivity contribution in [1.29, 1.82) is 0 Å². The van der Waals surface area contributed by atoms with Gasteiger partial charge in [0.1, 0.15) is 12.4 Å². The first-order valence-electron chi connectivity index (χ1n) is 7.09. The number of halogens is 1. The quantitative estimate of drug-likeness (QED) is 0.889. The van der Waals surface area contributed by atoms with E-state index in [1.54, 1.807) is 6.07 Å². The summed E-state index contributed by atoms with van der Waals surface area (Å²) in [6.07, 6.45) is 3.01. The molecule has 0 radical (unpaired) electrons. The Morgan fingerprint density at radius 3 is 3.00 bits per heavy atom. The zero-order valence-corrected chi connectivity index (χ0v) is 12.0. The Labute approximate surface area is 123 Å². The molecule has 5 heteroatoms. The van der Waals surface area contributed by atoms with Gasteiger partial charge in [-0.05, 0) is 48.9 Å². The number of hydrogen-bond acceptors (Lipinski definition) is 3. The van der Waals surface area contributed by atoms with Gasteiger partial charge in [-0.15, -0.1) is 0 Å². The Hall–Kier alpha value is -1.26. The standard InChI is InChI=1S/C15H19ClN2O2/c16-12-3-4-14-10(6-12)5-11(8-20-14)15(19)18-13(7-17)9-1-2-9/h3-4,6,9,11,13H,1-2,5,7-8,17H2,(H,18,19). The highest BCUT2D eigenvalue weighted by Crippen LogP contribution is 2.33. The zero-order chi connectivity index (χ0) is 14.1. The van der Waals surface area contributed by atoms with Crippen molar-refractivity contribution >= 4 is 17.5 Å². The molecule has 1 aliphatic carbocycles. The second kappa shape index (κ2) is 5.62. The van der Waals surface area contributed by atoms with Gasteiger partial charge >= 0.3 is 0 Å². The van der Waals surface area contributed by atoms with E-state index in [1.807, 2.05) is 12.1 Å². The molecular formula is C15H19ClN2O2. The first-order valence-corrected chi connectivity index (χ1v) is 7.47. The van der Waals surface area contributed by atoms with Gasteiger partial charge in [0.05, 0.1) is 5.92 Å². The number of rotatable bonds is 4. The van der Waals surface area contributed by atoms with Crippen molar-refractivity contribution in [3.63, 3.8) is 0 Å². The first-order chi connectivity index (χ1) is 9.67. The van der Waals surface area contributed by atoms with E-state index in [-0.39, 0.29) is 17.9 Å². The molecule has 1 aromatic rings. The van der Waals surface area contributed by atoms with Gasteiger partial charge in [-0.2, -0.15) is 0 Å². The third-order valence-corrected chi connectivity index (χ3v) is 4.31. The Balaban J connectivity index is 1.65. The van der Waals surface area contributed by atoms with E-state index in [4.69, 9.17) is 22.1 Å². The summed E-state index contributed by atoms with van der Waals surface area (Å²) in [4.78, 5) is 12.3. The van der Waals surface area contributed by atoms with E-state index in [0.29, 0.717) is 30.5 Å². The number of fused-ring (bicyclic) bond motifs is 1. The number of nitrogens with two attached hydrogens (primary N) is 1. The summed E-state index contributed by atoms with van der Waals surface area (Å²) in [6.45, 7) is 0.925. The number of ether oxygens (including phenoxy) is 1. The summed E-state index contributed by atoms with van der Waals surface area (Å²) in [5.41, 5.74) is 6.72. The molecular weight excluding hydrogens is 276 g/mol. The summed E-state index contributed by atoms with van der Waals surface area (Å²) in [5.74, 6) is 1.28. The SMILES string of the molecule is NCC(NC(=O)C1COc2ccc(Cl)cc2C1)C1CC1. The van der Waals surface area contributed by atoms with Crippen LogP contribution in [0, 0.1) is 11.8 Å². The Morgan fingerprint density at radius 2 is 2.30 bits per heavy atom. The van der Waals surface area contributed by atoms with E-state index in [9.17, 15) is 4.79 Å². The molecule has 108 valence electrons. The Kier molecular flexibility index (Phi) is 3.85. The summed E-state index contributed by atoms with van der Waals surface area (Å²) in [6, 6.07) is 5.65. The fourth-order valence-corrected chi connectivity index (χ4v) is 2.89. The average molecular weight is 295 g/mol. The number of benzene rings is 1. The minimum atomic E-state index is -0.159. The second-order valence-electron chi connectivity index (χ2n) is 5.65. The molecule has 1 saturated carbocycles. The molecule has 1 fully saturated rings. The van der Waals surface area contributed by atoms with Crippen molar-refractivity contribution in [2.24, 2.45) is 17.6 Å². The third kappa shape index (κ3) is 2.91. The van der Waals surface area contributed by atoms with Gasteiger partial charge in [-0.25, -0.2) is 0 Å². The molecule has 1 amide bonds. The monoisotopic (exact) mass is 294 g/mol. The van der Waals surface area contributed by atoms with Crippen molar-refractivity contribution in [2.75, 3.05) is 13.2 Å². The van der Waals surface area contributed by atoms with Crippen molar-refractivity contribution in [2.45, 2.75) is 25.3 Å². The van der Waals surface area contributed by atoms with Crippen LogP contribution in [0.1, 0.15) is 18.4 Å². The molecule has 0 bridgehead atoms. The van der Waals surface area contributed by atoms with Crippen molar-refractivity contribution < 1.29 is 9.53 Å². The van der Waals surface area contributed by atoms with Crippen LogP contribution in [0.15, 0.2) is 18.2 Å². The van der Waals surface area contributed by atoms with Crippen LogP contribution in [0.25, 0.3) is 0 Å². The lowest BCUT2D eigenvalue weighted by molar-refractivity contribution is -0.127. The van der Waals surface area contributed by atoms with Crippen molar-refractivity contribution in [3.8, 4) is 5.75 Å². The minimum Gasteiger partial charge on any atom is -0.492 e. The van der Waals surface area contributed by atoms with Gasteiger partial charge in [0.25, 0.3) is 0 Å². The van der Waals surface area contributed by atoms with Crippen LogP contribution in [0.4, 0.5) is 0 Å². The molecule has 0 saturated heterocycles. The molecule has 3 N–H and O–H groups in total. The fraction of sp³-hybridized carbons (Fsp3) is 0.533. The topological polar surface area (TPSA) is 64.3 Å². The molecule has 4 nitrogen and oxygen atoms in total. The first kappa shape index (κ1) is 13.7. The molecule has 2 atom stereocenters. The summed E-state index contributed by atoms with van der Waals surface area (Å²) in [7, 11) is 0. The smallest absolute Gasteiger partial charge is 0.227 e. The Morgan fingerprint density at radius 1 is 1.50 bits per heavy atom. The van der Waals surface area contributed by atoms with Crippen LogP contribution in [-0.4, -0.2) is 25.1 Å². The van der Waals surface area contributed by atoms with E-state index in [2.05, 4.69) is 5.32 Å². The lowest BCUT2D eigenvalue weighted by Crippen LogP contribution is -2.46. The largest absolute Gasteiger partial charge is 0.492 e. The third-order valence-electron chi connectivity index (χ3n) is 4.07. The van der Waals surface area contributed by atoms with Gasteiger partial charge in [0, 0.05) is 17.6 Å². The lowest BCUT2D eigenvalue weighted by atomic mass is 9.95. The van der Waals surface area contributed by atoms with Crippen LogP contribution < -0.4 is 15.8 Å². The number of nitrogens with one attached hydrogen (secondary N) is 1. The van der Waals surface area contributed by atoms with Crippen molar-refractivity contribution in [1.82, 2.24) is 5.32 Å². The van der Waals surface area contributed by atoms with E-state index in [0.717, 1.165) is 11.3 Å². The van der Waals surface area contributed by atoms with Crippen molar-refractivity contribution in [3.05, 3.63) is 28.8 Å². The van der Waals surface area contributed by atoms with Gasteiger partial charge in [-0.3, -0.25) is 4.79 Å². The van der Waals surface area contributed by atoms with Gasteiger partial charge < -0.3 is 15.8 Å². The van der Waals surface area contributed by atoms with E-state index in [1.165, 1.54) is 12.8 Å². The summed E-state index contributed by atoms with van der Waals surface area (Å²) in [5, 5.41) is 3.74. The predicted molar refractivity (Wildman–Crippen MR) is 77.9 cm³/mol. The Bertz CT molecular complexity index is 517.